The van der Waals surface area contributed by atoms with Crippen LogP contribution in [0.25, 0.3) is 0 Å². The van der Waals surface area contributed by atoms with Gasteiger partial charge < -0.3 is 5.73 Å². The van der Waals surface area contributed by atoms with E-state index in [2.05, 4.69) is 50.2 Å². The van der Waals surface area contributed by atoms with Crippen LogP contribution in [0.15, 0.2) is 52.3 Å². The Balaban J connectivity index is 2.34. The number of hydrogen-bond donors (Lipinski definition) is 1. The van der Waals surface area contributed by atoms with E-state index >= 15 is 0 Å². The summed E-state index contributed by atoms with van der Waals surface area (Å²) in [6.07, 6.45) is 0. The van der Waals surface area contributed by atoms with Gasteiger partial charge in [0, 0.05) is 15.8 Å². The fourth-order valence-corrected chi connectivity index (χ4v) is 3.09. The number of hydrogen-bond acceptors (Lipinski definition) is 2. The zero-order valence-electron chi connectivity index (χ0n) is 11.1. The molecule has 2 aromatic rings. The molecule has 18 heavy (non-hydrogen) atoms. The molecule has 0 aliphatic rings. The molecule has 2 rings (SSSR count). The predicted octanol–water partition coefficient (Wildman–Crippen LogP) is 4.47. The summed E-state index contributed by atoms with van der Waals surface area (Å²) < 4.78 is 0. The van der Waals surface area contributed by atoms with Gasteiger partial charge in [-0.3, -0.25) is 0 Å². The molecule has 2 aromatic carbocycles. The Morgan fingerprint density at radius 3 is 2.39 bits per heavy atom. The zero-order valence-corrected chi connectivity index (χ0v) is 11.9. The van der Waals surface area contributed by atoms with Gasteiger partial charge in [-0.15, -0.1) is 0 Å². The highest BCUT2D eigenvalue weighted by molar-refractivity contribution is 7.99. The lowest BCUT2D eigenvalue weighted by atomic mass is 10.1. The summed E-state index contributed by atoms with van der Waals surface area (Å²) in [6.45, 7) is 6.31. The number of rotatable bonds is 3. The van der Waals surface area contributed by atoms with E-state index in [1.54, 1.807) is 11.8 Å². The van der Waals surface area contributed by atoms with Gasteiger partial charge in [0.1, 0.15) is 0 Å². The average molecular weight is 257 g/mol. The fraction of sp³-hybridized carbons (Fsp3) is 0.250. The maximum atomic E-state index is 6.02. The summed E-state index contributed by atoms with van der Waals surface area (Å²) in [5.74, 6) is 0. The summed E-state index contributed by atoms with van der Waals surface area (Å²) in [4.78, 5) is 2.55. The van der Waals surface area contributed by atoms with Crippen LogP contribution in [0.4, 0.5) is 0 Å². The lowest BCUT2D eigenvalue weighted by Gasteiger charge is -2.13. The molecular weight excluding hydrogens is 238 g/mol. The first-order valence-electron chi connectivity index (χ1n) is 6.17. The molecule has 0 spiro atoms. The van der Waals surface area contributed by atoms with Crippen molar-refractivity contribution in [1.29, 1.82) is 0 Å². The highest BCUT2D eigenvalue weighted by Gasteiger charge is 2.08. The standard InChI is InChI=1S/C16H19NS/c1-11-8-9-15(12(2)10-11)18-16-7-5-4-6-14(16)13(3)17/h4-10,13H,17H2,1-3H3. The topological polar surface area (TPSA) is 26.0 Å². The second-order valence-corrected chi connectivity index (χ2v) is 5.78. The molecule has 0 aromatic heterocycles. The summed E-state index contributed by atoms with van der Waals surface area (Å²) in [7, 11) is 0. The van der Waals surface area contributed by atoms with Crippen LogP contribution in [-0.2, 0) is 0 Å². The van der Waals surface area contributed by atoms with E-state index in [1.807, 2.05) is 13.0 Å². The smallest absolute Gasteiger partial charge is 0.0277 e. The molecular formula is C16H19NS. The zero-order chi connectivity index (χ0) is 13.1. The molecule has 94 valence electrons. The van der Waals surface area contributed by atoms with Gasteiger partial charge in [-0.25, -0.2) is 0 Å². The Morgan fingerprint density at radius 1 is 1.00 bits per heavy atom. The largest absolute Gasteiger partial charge is 0.324 e. The lowest BCUT2D eigenvalue weighted by Crippen LogP contribution is -2.06. The van der Waals surface area contributed by atoms with E-state index in [1.165, 1.54) is 26.5 Å². The highest BCUT2D eigenvalue weighted by atomic mass is 32.2. The number of nitrogens with two attached hydrogens (primary N) is 1. The van der Waals surface area contributed by atoms with Gasteiger partial charge >= 0.3 is 0 Å². The van der Waals surface area contributed by atoms with Gasteiger partial charge in [0.15, 0.2) is 0 Å². The van der Waals surface area contributed by atoms with Crippen molar-refractivity contribution < 1.29 is 0 Å². The van der Waals surface area contributed by atoms with Crippen LogP contribution >= 0.6 is 11.8 Å². The monoisotopic (exact) mass is 257 g/mol. The van der Waals surface area contributed by atoms with Crippen LogP contribution in [0.2, 0.25) is 0 Å². The normalized spacial score (nSPS) is 12.4. The minimum atomic E-state index is 0.0689. The minimum Gasteiger partial charge on any atom is -0.324 e. The first-order chi connectivity index (χ1) is 8.58. The Morgan fingerprint density at radius 2 is 1.72 bits per heavy atom. The van der Waals surface area contributed by atoms with Crippen molar-refractivity contribution in [2.75, 3.05) is 0 Å². The quantitative estimate of drug-likeness (QED) is 0.877. The number of aryl methyl sites for hydroxylation is 2. The highest BCUT2D eigenvalue weighted by Crippen LogP contribution is 2.34. The third kappa shape index (κ3) is 2.95. The molecule has 2 N–H and O–H groups in total. The molecule has 2 heteroatoms. The van der Waals surface area contributed by atoms with Gasteiger partial charge in [-0.05, 0) is 44.0 Å². The second kappa shape index (κ2) is 5.59. The van der Waals surface area contributed by atoms with Crippen molar-refractivity contribution in [3.63, 3.8) is 0 Å². The van der Waals surface area contributed by atoms with Crippen molar-refractivity contribution in [1.82, 2.24) is 0 Å². The van der Waals surface area contributed by atoms with Crippen molar-refractivity contribution in [3.8, 4) is 0 Å². The van der Waals surface area contributed by atoms with E-state index < -0.39 is 0 Å². The predicted molar refractivity (Wildman–Crippen MR) is 79.1 cm³/mol. The third-order valence-electron chi connectivity index (χ3n) is 2.96. The second-order valence-electron chi connectivity index (χ2n) is 4.70. The SMILES string of the molecule is Cc1ccc(Sc2ccccc2C(C)N)c(C)c1. The van der Waals surface area contributed by atoms with Gasteiger partial charge in [0.05, 0.1) is 0 Å². The molecule has 0 saturated heterocycles. The van der Waals surface area contributed by atoms with E-state index in [0.29, 0.717) is 0 Å². The molecule has 0 aliphatic carbocycles. The summed E-state index contributed by atoms with van der Waals surface area (Å²) in [6, 6.07) is 15.0. The summed E-state index contributed by atoms with van der Waals surface area (Å²) in [5, 5.41) is 0. The van der Waals surface area contributed by atoms with Crippen LogP contribution in [0.3, 0.4) is 0 Å². The van der Waals surface area contributed by atoms with Gasteiger partial charge in [-0.2, -0.15) is 0 Å². The van der Waals surface area contributed by atoms with Gasteiger partial charge in [0.25, 0.3) is 0 Å². The molecule has 0 radical (unpaired) electrons. The fourth-order valence-electron chi connectivity index (χ4n) is 1.98. The van der Waals surface area contributed by atoms with Gasteiger partial charge in [0.2, 0.25) is 0 Å². The molecule has 0 heterocycles. The molecule has 0 fully saturated rings. The van der Waals surface area contributed by atoms with E-state index in [4.69, 9.17) is 5.73 Å². The molecule has 0 saturated carbocycles. The van der Waals surface area contributed by atoms with Crippen LogP contribution in [0.5, 0.6) is 0 Å². The Hall–Kier alpha value is -1.25. The third-order valence-corrected chi connectivity index (χ3v) is 4.23. The molecule has 1 atom stereocenters. The molecule has 0 bridgehead atoms. The Labute approximate surface area is 113 Å². The Bertz CT molecular complexity index is 547. The van der Waals surface area contributed by atoms with Crippen molar-refractivity contribution in [3.05, 3.63) is 59.2 Å². The maximum absolute atomic E-state index is 6.02. The molecule has 0 amide bonds. The lowest BCUT2D eigenvalue weighted by molar-refractivity contribution is 0.797. The van der Waals surface area contributed by atoms with E-state index in [9.17, 15) is 0 Å². The maximum Gasteiger partial charge on any atom is 0.0277 e. The van der Waals surface area contributed by atoms with E-state index in [-0.39, 0.29) is 6.04 Å². The molecule has 0 aliphatic heterocycles. The summed E-state index contributed by atoms with van der Waals surface area (Å²) >= 11 is 1.80. The molecule has 1 unspecified atom stereocenters. The first-order valence-corrected chi connectivity index (χ1v) is 6.99. The summed E-state index contributed by atoms with van der Waals surface area (Å²) in [5.41, 5.74) is 9.85. The minimum absolute atomic E-state index is 0.0689. The Kier molecular flexibility index (Phi) is 4.10. The van der Waals surface area contributed by atoms with Crippen LogP contribution < -0.4 is 5.73 Å². The van der Waals surface area contributed by atoms with Crippen LogP contribution in [0, 0.1) is 13.8 Å². The first kappa shape index (κ1) is 13.2. The van der Waals surface area contributed by atoms with Crippen molar-refractivity contribution >= 4 is 11.8 Å². The number of benzene rings is 2. The van der Waals surface area contributed by atoms with Gasteiger partial charge in [-0.1, -0.05) is 47.7 Å². The van der Waals surface area contributed by atoms with Crippen molar-refractivity contribution in [2.45, 2.75) is 36.6 Å². The van der Waals surface area contributed by atoms with Crippen molar-refractivity contribution in [2.24, 2.45) is 5.73 Å². The van der Waals surface area contributed by atoms with Crippen LogP contribution in [0.1, 0.15) is 29.7 Å². The molecule has 1 nitrogen and oxygen atoms in total. The van der Waals surface area contributed by atoms with E-state index in [0.717, 1.165) is 0 Å². The van der Waals surface area contributed by atoms with Crippen LogP contribution in [-0.4, -0.2) is 0 Å². The average Bonchev–Trinajstić information content (AvgIpc) is 2.33.